The van der Waals surface area contributed by atoms with Crippen LogP contribution in [0, 0.1) is 5.82 Å². The van der Waals surface area contributed by atoms with E-state index in [-0.39, 0.29) is 30.3 Å². The third-order valence-corrected chi connectivity index (χ3v) is 8.16. The largest absolute Gasteiger partial charge is 0.486 e. The number of carbonyl (C=O) groups excluding carboxylic acids is 2. The quantitative estimate of drug-likeness (QED) is 0.382. The molecule has 1 saturated heterocycles. The van der Waals surface area contributed by atoms with E-state index in [0.29, 0.717) is 37.5 Å². The van der Waals surface area contributed by atoms with Crippen LogP contribution in [0.5, 0.6) is 5.75 Å². The average Bonchev–Trinajstić information content (AvgIpc) is 3.45. The average molecular weight is 549 g/mol. The number of hydrogen-bond acceptors (Lipinski definition) is 6. The Balaban J connectivity index is 1.29. The summed E-state index contributed by atoms with van der Waals surface area (Å²) < 4.78 is 19.8. The molecule has 0 bridgehead atoms. The lowest BCUT2D eigenvalue weighted by molar-refractivity contribution is -0.132. The molecule has 1 aromatic heterocycles. The van der Waals surface area contributed by atoms with Crippen LogP contribution in [-0.4, -0.2) is 70.8 Å². The van der Waals surface area contributed by atoms with Gasteiger partial charge in [0.25, 0.3) is 5.91 Å². The molecule has 2 aliphatic heterocycles. The SMILES string of the molecule is C=CCN1CCN(C(=O)c2csc(COc3ccc4c(c3)[C@@H](c3ccc(F)cc3)N(C(=O)CC)CC4)n2)CC1. The fourth-order valence-corrected chi connectivity index (χ4v) is 5.94. The molecule has 7 nitrogen and oxygen atoms in total. The van der Waals surface area contributed by atoms with Gasteiger partial charge in [0.15, 0.2) is 0 Å². The molecule has 3 aromatic rings. The van der Waals surface area contributed by atoms with E-state index < -0.39 is 0 Å². The lowest BCUT2D eigenvalue weighted by Gasteiger charge is -2.38. The molecule has 2 aromatic carbocycles. The lowest BCUT2D eigenvalue weighted by Crippen LogP contribution is -2.48. The first kappa shape index (κ1) is 27.0. The molecular weight excluding hydrogens is 515 g/mol. The maximum absolute atomic E-state index is 13.7. The Morgan fingerprint density at radius 1 is 1.13 bits per heavy atom. The third-order valence-electron chi connectivity index (χ3n) is 7.33. The zero-order chi connectivity index (χ0) is 27.4. The minimum atomic E-state index is -0.309. The number of piperazine rings is 1. The Hall–Kier alpha value is -3.56. The molecule has 0 N–H and O–H groups in total. The summed E-state index contributed by atoms with van der Waals surface area (Å²) in [7, 11) is 0. The summed E-state index contributed by atoms with van der Waals surface area (Å²) in [4.78, 5) is 36.3. The molecular formula is C30H33FN4O3S. The Bertz CT molecular complexity index is 1330. The van der Waals surface area contributed by atoms with E-state index in [9.17, 15) is 14.0 Å². The molecule has 3 heterocycles. The first-order valence-electron chi connectivity index (χ1n) is 13.3. The van der Waals surface area contributed by atoms with E-state index in [0.717, 1.165) is 47.8 Å². The van der Waals surface area contributed by atoms with E-state index in [1.807, 2.05) is 41.0 Å². The zero-order valence-electron chi connectivity index (χ0n) is 22.1. The number of aromatic nitrogens is 1. The summed E-state index contributed by atoms with van der Waals surface area (Å²) in [6.07, 6.45) is 3.04. The van der Waals surface area contributed by atoms with Gasteiger partial charge in [-0.3, -0.25) is 14.5 Å². The van der Waals surface area contributed by atoms with Crippen molar-refractivity contribution in [3.8, 4) is 5.75 Å². The Morgan fingerprint density at radius 3 is 2.62 bits per heavy atom. The standard InChI is InChI=1S/C30H33FN4O3S/c1-3-12-33-14-16-34(17-15-33)30(37)26-20-39-27(32-26)19-38-24-10-7-21-11-13-35(28(36)4-2)29(25(21)18-24)22-5-8-23(31)9-6-22/h3,5-10,18,20,29H,1,4,11-17,19H2,2H3/t29-/m1/s1. The van der Waals surface area contributed by atoms with Crippen LogP contribution in [0.1, 0.15) is 51.6 Å². The van der Waals surface area contributed by atoms with Crippen molar-refractivity contribution in [3.05, 3.63) is 93.7 Å². The molecule has 0 aliphatic carbocycles. The molecule has 39 heavy (non-hydrogen) atoms. The van der Waals surface area contributed by atoms with Crippen molar-refractivity contribution in [3.63, 3.8) is 0 Å². The highest BCUT2D eigenvalue weighted by Gasteiger charge is 2.32. The minimum absolute atomic E-state index is 0.0487. The fraction of sp³-hybridized carbons (Fsp3) is 0.367. The Labute approximate surface area is 232 Å². The second-order valence-electron chi connectivity index (χ2n) is 9.80. The van der Waals surface area contributed by atoms with Gasteiger partial charge < -0.3 is 14.5 Å². The summed E-state index contributed by atoms with van der Waals surface area (Å²) in [5.41, 5.74) is 3.45. The van der Waals surface area contributed by atoms with E-state index in [2.05, 4.69) is 16.5 Å². The lowest BCUT2D eigenvalue weighted by atomic mass is 9.87. The van der Waals surface area contributed by atoms with Crippen molar-refractivity contribution in [1.29, 1.82) is 0 Å². The molecule has 0 spiro atoms. The van der Waals surface area contributed by atoms with Gasteiger partial charge in [0.2, 0.25) is 5.91 Å². The van der Waals surface area contributed by atoms with Gasteiger partial charge in [0, 0.05) is 51.1 Å². The monoisotopic (exact) mass is 548 g/mol. The van der Waals surface area contributed by atoms with E-state index >= 15 is 0 Å². The number of amides is 2. The van der Waals surface area contributed by atoms with Crippen LogP contribution in [0.25, 0.3) is 0 Å². The molecule has 0 radical (unpaired) electrons. The van der Waals surface area contributed by atoms with Gasteiger partial charge in [-0.2, -0.15) is 0 Å². The highest BCUT2D eigenvalue weighted by Crippen LogP contribution is 2.37. The minimum Gasteiger partial charge on any atom is -0.486 e. The number of benzene rings is 2. The van der Waals surface area contributed by atoms with Crippen LogP contribution in [0.3, 0.4) is 0 Å². The molecule has 2 amide bonds. The summed E-state index contributed by atoms with van der Waals surface area (Å²) in [6.45, 7) is 10.3. The number of fused-ring (bicyclic) bond motifs is 1. The Kier molecular flexibility index (Phi) is 8.38. The van der Waals surface area contributed by atoms with Crippen molar-refractivity contribution >= 4 is 23.2 Å². The van der Waals surface area contributed by atoms with Crippen molar-refractivity contribution < 1.29 is 18.7 Å². The molecule has 1 atom stereocenters. The Morgan fingerprint density at radius 2 is 1.90 bits per heavy atom. The van der Waals surface area contributed by atoms with Gasteiger partial charge in [-0.1, -0.05) is 31.2 Å². The smallest absolute Gasteiger partial charge is 0.273 e. The molecule has 0 saturated carbocycles. The van der Waals surface area contributed by atoms with Crippen molar-refractivity contribution in [2.24, 2.45) is 0 Å². The highest BCUT2D eigenvalue weighted by molar-refractivity contribution is 7.09. The number of carbonyl (C=O) groups is 2. The molecule has 0 unspecified atom stereocenters. The maximum atomic E-state index is 13.7. The van der Waals surface area contributed by atoms with Crippen LogP contribution in [0.15, 0.2) is 60.5 Å². The number of thiazole rings is 1. The summed E-state index contributed by atoms with van der Waals surface area (Å²) in [5, 5.41) is 2.52. The van der Waals surface area contributed by atoms with Gasteiger partial charge in [-0.15, -0.1) is 17.9 Å². The van der Waals surface area contributed by atoms with Crippen LogP contribution >= 0.6 is 11.3 Å². The van der Waals surface area contributed by atoms with Crippen molar-refractivity contribution in [2.45, 2.75) is 32.4 Å². The molecule has 9 heteroatoms. The second-order valence-corrected chi connectivity index (χ2v) is 10.7. The van der Waals surface area contributed by atoms with Crippen molar-refractivity contribution in [1.82, 2.24) is 19.7 Å². The highest BCUT2D eigenvalue weighted by atomic mass is 32.1. The molecule has 1 fully saturated rings. The van der Waals surface area contributed by atoms with Crippen molar-refractivity contribution in [2.75, 3.05) is 39.3 Å². The number of ether oxygens (including phenoxy) is 1. The van der Waals surface area contributed by atoms with E-state index in [1.54, 1.807) is 17.5 Å². The molecule has 2 aliphatic rings. The predicted octanol–water partition coefficient (Wildman–Crippen LogP) is 4.69. The fourth-order valence-electron chi connectivity index (χ4n) is 5.26. The number of rotatable bonds is 8. The number of hydrogen-bond donors (Lipinski definition) is 0. The van der Waals surface area contributed by atoms with Gasteiger partial charge >= 0.3 is 0 Å². The van der Waals surface area contributed by atoms with Crippen LogP contribution in [0.2, 0.25) is 0 Å². The second kappa shape index (κ2) is 12.1. The third kappa shape index (κ3) is 6.04. The van der Waals surface area contributed by atoms with Crippen LogP contribution < -0.4 is 4.74 Å². The van der Waals surface area contributed by atoms with E-state index in [4.69, 9.17) is 4.74 Å². The molecule has 5 rings (SSSR count). The summed E-state index contributed by atoms with van der Waals surface area (Å²) in [5.74, 6) is 0.361. The predicted molar refractivity (Wildman–Crippen MR) is 149 cm³/mol. The first-order chi connectivity index (χ1) is 19.0. The van der Waals surface area contributed by atoms with Gasteiger partial charge in [-0.05, 0) is 47.4 Å². The van der Waals surface area contributed by atoms with Gasteiger partial charge in [-0.25, -0.2) is 9.37 Å². The summed E-state index contributed by atoms with van der Waals surface area (Å²) in [6, 6.07) is 12.0. The van der Waals surface area contributed by atoms with Gasteiger partial charge in [0.1, 0.15) is 28.9 Å². The zero-order valence-corrected chi connectivity index (χ0v) is 23.0. The topological polar surface area (TPSA) is 66.0 Å². The maximum Gasteiger partial charge on any atom is 0.273 e. The van der Waals surface area contributed by atoms with Crippen LogP contribution in [0.4, 0.5) is 4.39 Å². The van der Waals surface area contributed by atoms with Crippen LogP contribution in [-0.2, 0) is 17.8 Å². The van der Waals surface area contributed by atoms with Gasteiger partial charge in [0.05, 0.1) is 6.04 Å². The molecule has 204 valence electrons. The number of halogens is 1. The first-order valence-corrected chi connectivity index (χ1v) is 14.2. The number of nitrogens with zero attached hydrogens (tertiary/aromatic N) is 4. The van der Waals surface area contributed by atoms with E-state index in [1.165, 1.54) is 23.5 Å². The normalized spacial score (nSPS) is 17.5. The summed E-state index contributed by atoms with van der Waals surface area (Å²) >= 11 is 1.41.